The number of thioether (sulfide) groups is 1. The molecule has 1 heterocycles. The molecule has 0 aliphatic carbocycles. The Hall–Kier alpha value is -3.16. The van der Waals surface area contributed by atoms with Crippen LogP contribution in [0.5, 0.6) is 5.75 Å². The second-order valence-corrected chi connectivity index (χ2v) is 9.14. The first kappa shape index (κ1) is 22.0. The molecule has 5 nitrogen and oxygen atoms in total. The molecule has 4 rings (SSSR count). The summed E-state index contributed by atoms with van der Waals surface area (Å²) in [5.41, 5.74) is 2.23. The normalized spacial score (nSPS) is 10.7. The van der Waals surface area contributed by atoms with Gasteiger partial charge in [-0.15, -0.1) is 11.8 Å². The minimum atomic E-state index is -0.141. The first-order valence-corrected chi connectivity index (χ1v) is 11.8. The van der Waals surface area contributed by atoms with E-state index in [1.165, 1.54) is 0 Å². The number of amides is 1. The Morgan fingerprint density at radius 3 is 2.34 bits per heavy atom. The summed E-state index contributed by atoms with van der Waals surface area (Å²) in [6.07, 6.45) is 0. The van der Waals surface area contributed by atoms with Gasteiger partial charge in [-0.25, -0.2) is 0 Å². The van der Waals surface area contributed by atoms with Crippen LogP contribution in [0.15, 0.2) is 98.1 Å². The molecule has 0 aliphatic heterocycles. The largest absolute Gasteiger partial charge is 0.497 e. The van der Waals surface area contributed by atoms with Crippen LogP contribution in [0.4, 0.5) is 5.69 Å². The zero-order chi connectivity index (χ0) is 22.3. The molecule has 162 valence electrons. The van der Waals surface area contributed by atoms with Crippen LogP contribution >= 0.6 is 23.5 Å². The highest BCUT2D eigenvalue weighted by atomic mass is 32.2. The van der Waals surface area contributed by atoms with Crippen LogP contribution in [-0.4, -0.2) is 18.2 Å². The number of methoxy groups -OCH3 is 1. The number of carbonyl (C=O) groups is 1. The molecule has 0 saturated heterocycles. The molecule has 7 heteroatoms. The van der Waals surface area contributed by atoms with Crippen molar-refractivity contribution in [1.29, 1.82) is 0 Å². The number of nitrogens with zero attached hydrogens (tertiary/aromatic N) is 1. The zero-order valence-corrected chi connectivity index (χ0v) is 19.3. The van der Waals surface area contributed by atoms with Gasteiger partial charge < -0.3 is 14.6 Å². The third kappa shape index (κ3) is 5.75. The lowest BCUT2D eigenvalue weighted by atomic mass is 10.2. The Labute approximate surface area is 195 Å². The van der Waals surface area contributed by atoms with Gasteiger partial charge in [0.05, 0.1) is 24.1 Å². The van der Waals surface area contributed by atoms with E-state index in [2.05, 4.69) is 10.5 Å². The maximum atomic E-state index is 12.9. The van der Waals surface area contributed by atoms with Crippen molar-refractivity contribution in [2.75, 3.05) is 12.4 Å². The molecule has 32 heavy (non-hydrogen) atoms. The van der Waals surface area contributed by atoms with Crippen molar-refractivity contribution in [2.45, 2.75) is 27.4 Å². The van der Waals surface area contributed by atoms with Crippen molar-refractivity contribution in [3.63, 3.8) is 0 Å². The minimum Gasteiger partial charge on any atom is -0.497 e. The van der Waals surface area contributed by atoms with Crippen LogP contribution in [0.3, 0.4) is 0 Å². The summed E-state index contributed by atoms with van der Waals surface area (Å²) >= 11 is 3.21. The fourth-order valence-electron chi connectivity index (χ4n) is 3.00. The Morgan fingerprint density at radius 1 is 1.00 bits per heavy atom. The predicted octanol–water partition coefficient (Wildman–Crippen LogP) is 6.69. The second kappa shape index (κ2) is 10.4. The Morgan fingerprint density at radius 2 is 1.69 bits per heavy atom. The molecule has 0 unspecified atom stereocenters. The molecular formula is C25H22N2O3S2. The van der Waals surface area contributed by atoms with Gasteiger partial charge >= 0.3 is 0 Å². The number of carbonyl (C=O) groups excluding carboxylic acids is 1. The number of nitrogens with one attached hydrogen (secondary N) is 1. The maximum Gasteiger partial charge on any atom is 0.256 e. The lowest BCUT2D eigenvalue weighted by molar-refractivity contribution is 0.102. The monoisotopic (exact) mass is 462 g/mol. The molecular weight excluding hydrogens is 440 g/mol. The summed E-state index contributed by atoms with van der Waals surface area (Å²) in [5.74, 6) is 2.09. The summed E-state index contributed by atoms with van der Waals surface area (Å²) in [4.78, 5) is 16.0. The van der Waals surface area contributed by atoms with Crippen molar-refractivity contribution in [2.24, 2.45) is 0 Å². The van der Waals surface area contributed by atoms with E-state index in [1.54, 1.807) is 30.6 Å². The SMILES string of the molecule is COc1ccc(Sc2ccc(NC(=O)c3ccccc3SCc3cc(C)no3)cc2)cc1. The number of hydrogen-bond donors (Lipinski definition) is 1. The van der Waals surface area contributed by atoms with E-state index in [0.717, 1.165) is 37.6 Å². The van der Waals surface area contributed by atoms with Crippen molar-refractivity contribution in [1.82, 2.24) is 5.16 Å². The van der Waals surface area contributed by atoms with E-state index in [0.29, 0.717) is 11.3 Å². The maximum absolute atomic E-state index is 12.9. The molecule has 0 radical (unpaired) electrons. The molecule has 4 aromatic rings. The van der Waals surface area contributed by atoms with Crippen LogP contribution in [0.1, 0.15) is 21.8 Å². The number of aryl methyl sites for hydroxylation is 1. The summed E-state index contributed by atoms with van der Waals surface area (Å²) in [5, 5.41) is 6.90. The molecule has 0 bridgehead atoms. The van der Waals surface area contributed by atoms with Crippen LogP contribution in [0, 0.1) is 6.92 Å². The molecule has 0 spiro atoms. The highest BCUT2D eigenvalue weighted by molar-refractivity contribution is 7.99. The Bertz CT molecular complexity index is 1190. The van der Waals surface area contributed by atoms with Gasteiger partial charge in [-0.1, -0.05) is 29.1 Å². The highest BCUT2D eigenvalue weighted by Gasteiger charge is 2.13. The average Bonchev–Trinajstić information content (AvgIpc) is 3.24. The third-order valence-corrected chi connectivity index (χ3v) is 6.70. The lowest BCUT2D eigenvalue weighted by Gasteiger charge is -2.10. The summed E-state index contributed by atoms with van der Waals surface area (Å²) in [7, 11) is 1.66. The van der Waals surface area contributed by atoms with Crippen LogP contribution in [-0.2, 0) is 5.75 Å². The van der Waals surface area contributed by atoms with E-state index in [-0.39, 0.29) is 5.91 Å². The van der Waals surface area contributed by atoms with E-state index < -0.39 is 0 Å². The van der Waals surface area contributed by atoms with Gasteiger partial charge in [0, 0.05) is 26.4 Å². The molecule has 0 fully saturated rings. The van der Waals surface area contributed by atoms with Crippen LogP contribution < -0.4 is 10.1 Å². The van der Waals surface area contributed by atoms with Crippen molar-refractivity contribution in [3.05, 3.63) is 95.9 Å². The number of benzene rings is 3. The second-order valence-electron chi connectivity index (χ2n) is 6.98. The van der Waals surface area contributed by atoms with Crippen molar-refractivity contribution >= 4 is 35.1 Å². The van der Waals surface area contributed by atoms with Gasteiger partial charge in [0.2, 0.25) is 0 Å². The predicted molar refractivity (Wildman–Crippen MR) is 129 cm³/mol. The lowest BCUT2D eigenvalue weighted by Crippen LogP contribution is -2.12. The minimum absolute atomic E-state index is 0.141. The Balaban J connectivity index is 1.39. The third-order valence-electron chi connectivity index (χ3n) is 4.59. The van der Waals surface area contributed by atoms with Gasteiger partial charge in [-0.2, -0.15) is 0 Å². The van der Waals surface area contributed by atoms with E-state index >= 15 is 0 Å². The van der Waals surface area contributed by atoms with E-state index in [1.807, 2.05) is 85.8 Å². The quantitative estimate of drug-likeness (QED) is 0.294. The van der Waals surface area contributed by atoms with Crippen LogP contribution in [0.25, 0.3) is 0 Å². The summed E-state index contributed by atoms with van der Waals surface area (Å²) in [6, 6.07) is 25.2. The van der Waals surface area contributed by atoms with Gasteiger partial charge in [0.1, 0.15) is 11.5 Å². The van der Waals surface area contributed by atoms with E-state index in [9.17, 15) is 4.79 Å². The molecule has 1 aromatic heterocycles. The fourth-order valence-corrected chi connectivity index (χ4v) is 4.74. The first-order valence-electron chi connectivity index (χ1n) is 9.98. The van der Waals surface area contributed by atoms with Crippen LogP contribution in [0.2, 0.25) is 0 Å². The molecule has 0 aliphatic rings. The van der Waals surface area contributed by atoms with Gasteiger partial charge in [-0.3, -0.25) is 4.79 Å². The van der Waals surface area contributed by atoms with Gasteiger partial charge in [0.15, 0.2) is 0 Å². The average molecular weight is 463 g/mol. The highest BCUT2D eigenvalue weighted by Crippen LogP contribution is 2.30. The molecule has 0 atom stereocenters. The van der Waals surface area contributed by atoms with Crippen molar-refractivity contribution < 1.29 is 14.1 Å². The first-order chi connectivity index (χ1) is 15.6. The zero-order valence-electron chi connectivity index (χ0n) is 17.7. The Kier molecular flexibility index (Phi) is 7.19. The van der Waals surface area contributed by atoms with Crippen molar-refractivity contribution in [3.8, 4) is 5.75 Å². The fraction of sp³-hybridized carbons (Fsp3) is 0.120. The van der Waals surface area contributed by atoms with Gasteiger partial charge in [0.25, 0.3) is 5.91 Å². The standard InChI is InChI=1S/C25H22N2O3S2/c1-17-15-20(30-27-17)16-31-24-6-4-3-5-23(24)25(28)26-18-7-11-21(12-8-18)32-22-13-9-19(29-2)10-14-22/h3-15H,16H2,1-2H3,(H,26,28). The number of hydrogen-bond acceptors (Lipinski definition) is 6. The number of aromatic nitrogens is 1. The number of ether oxygens (including phenoxy) is 1. The van der Waals surface area contributed by atoms with Gasteiger partial charge in [-0.05, 0) is 67.6 Å². The molecule has 1 N–H and O–H groups in total. The van der Waals surface area contributed by atoms with E-state index in [4.69, 9.17) is 9.26 Å². The molecule has 3 aromatic carbocycles. The number of anilines is 1. The summed E-state index contributed by atoms with van der Waals surface area (Å²) in [6.45, 7) is 1.89. The summed E-state index contributed by atoms with van der Waals surface area (Å²) < 4.78 is 10.5. The topological polar surface area (TPSA) is 64.4 Å². The smallest absolute Gasteiger partial charge is 0.256 e. The molecule has 0 saturated carbocycles. The number of rotatable bonds is 8. The molecule has 1 amide bonds.